The third-order valence-electron chi connectivity index (χ3n) is 5.67. The van der Waals surface area contributed by atoms with E-state index < -0.39 is 5.97 Å². The monoisotopic (exact) mass is 446 g/mol. The van der Waals surface area contributed by atoms with E-state index in [0.29, 0.717) is 44.6 Å². The fourth-order valence-corrected chi connectivity index (χ4v) is 3.71. The highest BCUT2D eigenvalue weighted by atomic mass is 16.5. The van der Waals surface area contributed by atoms with Crippen molar-refractivity contribution in [1.82, 2.24) is 0 Å². The summed E-state index contributed by atoms with van der Waals surface area (Å²) in [5.74, 6) is -0.809. The van der Waals surface area contributed by atoms with Gasteiger partial charge in [-0.05, 0) is 62.8 Å². The molecule has 1 N–H and O–H groups in total. The Hall–Kier alpha value is -2.83. The van der Waals surface area contributed by atoms with Crippen LogP contribution in [0, 0.1) is 11.8 Å². The lowest BCUT2D eigenvalue weighted by atomic mass is 9.82. The number of esters is 2. The maximum absolute atomic E-state index is 12.3. The van der Waals surface area contributed by atoms with Crippen molar-refractivity contribution in [3.05, 3.63) is 36.9 Å². The topological polar surface area (TPSA) is 99.1 Å². The van der Waals surface area contributed by atoms with Crippen LogP contribution in [0.3, 0.4) is 0 Å². The fourth-order valence-electron chi connectivity index (χ4n) is 3.71. The molecule has 0 unspecified atom stereocenters. The first-order chi connectivity index (χ1) is 15.5. The van der Waals surface area contributed by atoms with Crippen LogP contribution in [0.4, 0.5) is 0 Å². The Labute approximate surface area is 189 Å². The Morgan fingerprint density at radius 1 is 0.844 bits per heavy atom. The molecule has 2 rings (SSSR count). The average Bonchev–Trinajstić information content (AvgIpc) is 2.81. The van der Waals surface area contributed by atoms with Gasteiger partial charge in [-0.3, -0.25) is 9.59 Å². The molecule has 0 saturated heterocycles. The molecule has 0 atom stereocenters. The summed E-state index contributed by atoms with van der Waals surface area (Å²) >= 11 is 0. The van der Waals surface area contributed by atoms with Crippen LogP contribution in [-0.4, -0.2) is 36.2 Å². The molecule has 0 heterocycles. The second kappa shape index (κ2) is 14.3. The first-order valence-electron chi connectivity index (χ1n) is 11.5. The lowest BCUT2D eigenvalue weighted by Gasteiger charge is -2.24. The second-order valence-electron chi connectivity index (χ2n) is 8.12. The summed E-state index contributed by atoms with van der Waals surface area (Å²) in [4.78, 5) is 34.2. The van der Waals surface area contributed by atoms with E-state index in [1.807, 2.05) is 0 Å². The number of hydrogen-bond donors (Lipinski definition) is 1. The van der Waals surface area contributed by atoms with Crippen molar-refractivity contribution in [1.29, 1.82) is 0 Å². The minimum absolute atomic E-state index is 0.233. The first-order valence-corrected chi connectivity index (χ1v) is 11.5. The molecule has 0 amide bonds. The normalized spacial score (nSPS) is 17.9. The van der Waals surface area contributed by atoms with Gasteiger partial charge < -0.3 is 19.3 Å². The van der Waals surface area contributed by atoms with E-state index in [9.17, 15) is 14.4 Å². The predicted octanol–water partition coefficient (Wildman–Crippen LogP) is 4.93. The SMILES string of the molecule is C=CC(=O)OCCCCCCCCOc1ccc(OC(=O)C2CCC(C(=O)O)CC2)cc1. The molecule has 176 valence electrons. The Balaban J connectivity index is 1.53. The molecule has 32 heavy (non-hydrogen) atoms. The van der Waals surface area contributed by atoms with Crippen LogP contribution in [0.2, 0.25) is 0 Å². The van der Waals surface area contributed by atoms with Crippen molar-refractivity contribution in [3.8, 4) is 11.5 Å². The summed E-state index contributed by atoms with van der Waals surface area (Å²) in [6, 6.07) is 7.01. The highest BCUT2D eigenvalue weighted by Gasteiger charge is 2.30. The third kappa shape index (κ3) is 9.54. The Bertz CT molecular complexity index is 733. The van der Waals surface area contributed by atoms with Crippen LogP contribution in [0.1, 0.15) is 64.2 Å². The molecule has 1 aliphatic carbocycles. The van der Waals surface area contributed by atoms with E-state index in [1.165, 1.54) is 6.08 Å². The van der Waals surface area contributed by atoms with Gasteiger partial charge in [0.2, 0.25) is 0 Å². The van der Waals surface area contributed by atoms with Gasteiger partial charge in [0.05, 0.1) is 25.0 Å². The van der Waals surface area contributed by atoms with E-state index in [2.05, 4.69) is 6.58 Å². The Kier molecular flexibility index (Phi) is 11.3. The average molecular weight is 447 g/mol. The predicted molar refractivity (Wildman–Crippen MR) is 120 cm³/mol. The van der Waals surface area contributed by atoms with Gasteiger partial charge in [-0.15, -0.1) is 0 Å². The maximum atomic E-state index is 12.3. The van der Waals surface area contributed by atoms with E-state index in [1.54, 1.807) is 24.3 Å². The van der Waals surface area contributed by atoms with Crippen molar-refractivity contribution in [3.63, 3.8) is 0 Å². The highest BCUT2D eigenvalue weighted by Crippen LogP contribution is 2.30. The van der Waals surface area contributed by atoms with Crippen LogP contribution < -0.4 is 9.47 Å². The summed E-state index contributed by atoms with van der Waals surface area (Å²) in [6.45, 7) is 4.44. The van der Waals surface area contributed by atoms with Crippen molar-refractivity contribution in [2.24, 2.45) is 11.8 Å². The van der Waals surface area contributed by atoms with Gasteiger partial charge in [0.25, 0.3) is 0 Å². The standard InChI is InChI=1S/C25H34O7/c1-2-23(26)31-18-8-6-4-3-5-7-17-30-21-13-15-22(16-14-21)32-25(29)20-11-9-19(10-12-20)24(27)28/h2,13-16,19-20H,1,3-12,17-18H2,(H,27,28). The van der Waals surface area contributed by atoms with Gasteiger partial charge in [-0.2, -0.15) is 0 Å². The van der Waals surface area contributed by atoms with Gasteiger partial charge in [0.15, 0.2) is 0 Å². The number of carbonyl (C=O) groups excluding carboxylic acids is 2. The van der Waals surface area contributed by atoms with Crippen molar-refractivity contribution in [2.75, 3.05) is 13.2 Å². The van der Waals surface area contributed by atoms with E-state index >= 15 is 0 Å². The summed E-state index contributed by atoms with van der Waals surface area (Å²) in [5, 5.41) is 9.05. The van der Waals surface area contributed by atoms with Crippen LogP contribution in [0.25, 0.3) is 0 Å². The van der Waals surface area contributed by atoms with E-state index in [-0.39, 0.29) is 23.8 Å². The number of rotatable bonds is 14. The second-order valence-corrected chi connectivity index (χ2v) is 8.12. The van der Waals surface area contributed by atoms with Gasteiger partial charge in [0.1, 0.15) is 11.5 Å². The van der Waals surface area contributed by atoms with Crippen molar-refractivity contribution in [2.45, 2.75) is 64.2 Å². The number of ether oxygens (including phenoxy) is 3. The largest absolute Gasteiger partial charge is 0.494 e. The number of carboxylic acids is 1. The molecule has 1 aromatic carbocycles. The maximum Gasteiger partial charge on any atom is 0.330 e. The van der Waals surface area contributed by atoms with Gasteiger partial charge in [0, 0.05) is 6.08 Å². The summed E-state index contributed by atoms with van der Waals surface area (Å²) < 4.78 is 16.1. The van der Waals surface area contributed by atoms with Gasteiger partial charge >= 0.3 is 17.9 Å². The number of hydrogen-bond acceptors (Lipinski definition) is 6. The van der Waals surface area contributed by atoms with Gasteiger partial charge in [-0.25, -0.2) is 4.79 Å². The fraction of sp³-hybridized carbons (Fsp3) is 0.560. The van der Waals surface area contributed by atoms with Crippen LogP contribution >= 0.6 is 0 Å². The molecule has 0 bridgehead atoms. The smallest absolute Gasteiger partial charge is 0.330 e. The zero-order chi connectivity index (χ0) is 23.2. The molecule has 1 fully saturated rings. The first kappa shape index (κ1) is 25.4. The number of carbonyl (C=O) groups is 3. The van der Waals surface area contributed by atoms with Crippen LogP contribution in [-0.2, 0) is 19.1 Å². The number of carboxylic acid groups (broad SMARTS) is 1. The van der Waals surface area contributed by atoms with E-state index in [0.717, 1.165) is 44.3 Å². The summed E-state index contributed by atoms with van der Waals surface area (Å²) in [5.41, 5.74) is 0. The zero-order valence-electron chi connectivity index (χ0n) is 18.6. The molecular weight excluding hydrogens is 412 g/mol. The quantitative estimate of drug-likeness (QED) is 0.187. The molecule has 1 aliphatic rings. The molecule has 1 aromatic rings. The zero-order valence-corrected chi connectivity index (χ0v) is 18.6. The molecule has 7 nitrogen and oxygen atoms in total. The third-order valence-corrected chi connectivity index (χ3v) is 5.67. The van der Waals surface area contributed by atoms with Crippen molar-refractivity contribution < 1.29 is 33.7 Å². The Morgan fingerprint density at radius 3 is 1.97 bits per heavy atom. The molecule has 1 saturated carbocycles. The molecular formula is C25H34O7. The van der Waals surface area contributed by atoms with Crippen LogP contribution in [0.5, 0.6) is 11.5 Å². The number of aliphatic carboxylic acids is 1. The van der Waals surface area contributed by atoms with Crippen LogP contribution in [0.15, 0.2) is 36.9 Å². The van der Waals surface area contributed by atoms with Gasteiger partial charge in [-0.1, -0.05) is 32.3 Å². The molecule has 7 heteroatoms. The highest BCUT2D eigenvalue weighted by molar-refractivity contribution is 5.81. The molecule has 0 aliphatic heterocycles. The minimum atomic E-state index is -0.781. The summed E-state index contributed by atoms with van der Waals surface area (Å²) in [6.07, 6.45) is 9.48. The lowest BCUT2D eigenvalue weighted by Crippen LogP contribution is -2.28. The summed E-state index contributed by atoms with van der Waals surface area (Å²) in [7, 11) is 0. The molecule has 0 spiro atoms. The molecule has 0 radical (unpaired) electrons. The minimum Gasteiger partial charge on any atom is -0.494 e. The number of benzene rings is 1. The Morgan fingerprint density at radius 2 is 1.38 bits per heavy atom. The molecule has 0 aromatic heterocycles. The van der Waals surface area contributed by atoms with Crippen molar-refractivity contribution >= 4 is 17.9 Å². The number of unbranched alkanes of at least 4 members (excludes halogenated alkanes) is 5. The van der Waals surface area contributed by atoms with E-state index in [4.69, 9.17) is 19.3 Å². The lowest BCUT2D eigenvalue weighted by molar-refractivity contribution is -0.146.